The third-order valence-corrected chi connectivity index (χ3v) is 6.52. The lowest BCUT2D eigenvalue weighted by Crippen LogP contribution is -2.48. The van der Waals surface area contributed by atoms with E-state index in [4.69, 9.17) is 9.47 Å². The van der Waals surface area contributed by atoms with Crippen LogP contribution in [0, 0.1) is 0 Å². The highest BCUT2D eigenvalue weighted by atomic mass is 19.1. The van der Waals surface area contributed by atoms with E-state index < -0.39 is 18.9 Å². The van der Waals surface area contributed by atoms with Gasteiger partial charge in [-0.25, -0.2) is 18.0 Å². The average molecular weight is 470 g/mol. The number of methoxy groups -OCH3 is 1. The van der Waals surface area contributed by atoms with E-state index in [1.54, 1.807) is 15.4 Å². The smallest absolute Gasteiger partial charge is 0.244 e. The second-order valence-electron chi connectivity index (χ2n) is 8.58. The maximum absolute atomic E-state index is 14.7. The van der Waals surface area contributed by atoms with Crippen molar-refractivity contribution in [3.05, 3.63) is 30.5 Å². The summed E-state index contributed by atoms with van der Waals surface area (Å²) in [4.78, 5) is 6.63. The van der Waals surface area contributed by atoms with Gasteiger partial charge in [-0.1, -0.05) is 11.3 Å². The van der Waals surface area contributed by atoms with Crippen molar-refractivity contribution in [2.24, 2.45) is 0 Å². The number of aromatic nitrogens is 6. The lowest BCUT2D eigenvalue weighted by Gasteiger charge is -2.34. The van der Waals surface area contributed by atoms with Crippen LogP contribution in [-0.2, 0) is 11.3 Å². The van der Waals surface area contributed by atoms with Crippen molar-refractivity contribution < 1.29 is 18.3 Å². The zero-order valence-electron chi connectivity index (χ0n) is 18.6. The number of fused-ring (bicyclic) bond motifs is 2. The predicted octanol–water partition coefficient (Wildman–Crippen LogP) is 1.95. The molecule has 2 fully saturated rings. The first-order valence-electron chi connectivity index (χ1n) is 11.2. The molecule has 1 aromatic carbocycles. The summed E-state index contributed by atoms with van der Waals surface area (Å²) >= 11 is 0. The third kappa shape index (κ3) is 3.53. The molecule has 0 spiro atoms. The summed E-state index contributed by atoms with van der Waals surface area (Å²) in [5.41, 5.74) is 3.82. The first-order chi connectivity index (χ1) is 16.6. The number of ether oxygens (including phenoxy) is 2. The zero-order valence-corrected chi connectivity index (χ0v) is 18.6. The van der Waals surface area contributed by atoms with Crippen molar-refractivity contribution in [3.8, 4) is 17.0 Å². The Morgan fingerprint density at radius 2 is 2.12 bits per heavy atom. The van der Waals surface area contributed by atoms with Crippen LogP contribution in [0.15, 0.2) is 30.5 Å². The fourth-order valence-electron chi connectivity index (χ4n) is 4.63. The minimum absolute atomic E-state index is 0.139. The van der Waals surface area contributed by atoms with Gasteiger partial charge in [-0.3, -0.25) is 4.90 Å². The van der Waals surface area contributed by atoms with Crippen LogP contribution in [-0.4, -0.2) is 92.8 Å². The molecule has 0 bridgehead atoms. The summed E-state index contributed by atoms with van der Waals surface area (Å²) in [6.07, 6.45) is 0.779. The number of hydrogen-bond donors (Lipinski definition) is 1. The second kappa shape index (κ2) is 8.44. The van der Waals surface area contributed by atoms with Gasteiger partial charge >= 0.3 is 0 Å². The molecule has 12 heteroatoms. The lowest BCUT2D eigenvalue weighted by molar-refractivity contribution is -0.0585. The highest BCUT2D eigenvalue weighted by Crippen LogP contribution is 2.33. The van der Waals surface area contributed by atoms with Gasteiger partial charge in [0.05, 0.1) is 44.5 Å². The van der Waals surface area contributed by atoms with Crippen molar-refractivity contribution in [3.63, 3.8) is 0 Å². The Kier molecular flexibility index (Phi) is 5.26. The Labute approximate surface area is 193 Å². The van der Waals surface area contributed by atoms with Gasteiger partial charge in [0.1, 0.15) is 23.9 Å². The van der Waals surface area contributed by atoms with Crippen LogP contribution in [0.3, 0.4) is 0 Å². The number of likely N-dealkylation sites (tertiary alicyclic amines) is 1. The number of benzene rings is 1. The van der Waals surface area contributed by atoms with Gasteiger partial charge < -0.3 is 14.8 Å². The second-order valence-corrected chi connectivity index (χ2v) is 8.58. The molecule has 10 nitrogen and oxygen atoms in total. The minimum Gasteiger partial charge on any atom is -0.479 e. The Bertz CT molecular complexity index is 1340. The van der Waals surface area contributed by atoms with Crippen LogP contribution in [0.4, 0.5) is 14.7 Å². The van der Waals surface area contributed by atoms with E-state index in [1.165, 1.54) is 7.11 Å². The molecule has 0 amide bonds. The standard InChI is InChI=1S/C22H24F2N8O2/c1-33-21-20-15(13-2-3-17-19(8-13)31(7-5-23)29-27-17)4-6-32(20)28-22(26-21)25-18-10-30(9-16(18)24)14-11-34-12-14/h2-4,6,8,14,16,18H,5,7,9-12H2,1H3,(H,25,28)/t16-,18+/m0/s1. The number of halogens is 2. The van der Waals surface area contributed by atoms with E-state index in [0.717, 1.165) is 16.6 Å². The number of aryl methyl sites for hydroxylation is 1. The highest BCUT2D eigenvalue weighted by Gasteiger charge is 2.39. The number of nitrogens with zero attached hydrogens (tertiary/aromatic N) is 7. The van der Waals surface area contributed by atoms with Crippen LogP contribution < -0.4 is 10.1 Å². The quantitative estimate of drug-likeness (QED) is 0.438. The van der Waals surface area contributed by atoms with Crippen molar-refractivity contribution in [1.29, 1.82) is 0 Å². The molecule has 6 rings (SSSR count). The molecule has 0 saturated carbocycles. The molecule has 178 valence electrons. The summed E-state index contributed by atoms with van der Waals surface area (Å²) in [6.45, 7) is 1.85. The molecule has 2 aliphatic heterocycles. The largest absolute Gasteiger partial charge is 0.479 e. The summed E-state index contributed by atoms with van der Waals surface area (Å²) < 4.78 is 41.6. The molecule has 2 aliphatic rings. The third-order valence-electron chi connectivity index (χ3n) is 6.52. The van der Waals surface area contributed by atoms with E-state index in [0.29, 0.717) is 49.2 Å². The SMILES string of the molecule is COc1nc(N[C@@H]2CN(C3COC3)C[C@@H]2F)nn2ccc(-c3ccc4nnn(CCF)c4c3)c12. The average Bonchev–Trinajstić information content (AvgIpc) is 3.50. The number of hydrogen-bond acceptors (Lipinski definition) is 8. The zero-order chi connectivity index (χ0) is 23.2. The molecule has 0 unspecified atom stereocenters. The minimum atomic E-state index is -1.03. The van der Waals surface area contributed by atoms with Gasteiger partial charge in [0.2, 0.25) is 11.8 Å². The van der Waals surface area contributed by atoms with E-state index in [-0.39, 0.29) is 12.6 Å². The van der Waals surface area contributed by atoms with Gasteiger partial charge in [0.15, 0.2) is 0 Å². The summed E-state index contributed by atoms with van der Waals surface area (Å²) in [7, 11) is 1.54. The van der Waals surface area contributed by atoms with Crippen LogP contribution in [0.1, 0.15) is 0 Å². The van der Waals surface area contributed by atoms with Gasteiger partial charge in [0, 0.05) is 24.8 Å². The molecule has 34 heavy (non-hydrogen) atoms. The normalized spacial score (nSPS) is 21.4. The van der Waals surface area contributed by atoms with E-state index in [2.05, 4.69) is 30.6 Å². The fraction of sp³-hybridized carbons (Fsp3) is 0.455. The van der Waals surface area contributed by atoms with Crippen LogP contribution in [0.25, 0.3) is 27.7 Å². The summed E-state index contributed by atoms with van der Waals surface area (Å²) in [5.74, 6) is 0.664. The molecule has 0 aliphatic carbocycles. The highest BCUT2D eigenvalue weighted by molar-refractivity contribution is 5.89. The van der Waals surface area contributed by atoms with E-state index >= 15 is 0 Å². The summed E-state index contributed by atoms with van der Waals surface area (Å²) in [5, 5.41) is 15.8. The maximum Gasteiger partial charge on any atom is 0.244 e. The predicted molar refractivity (Wildman–Crippen MR) is 121 cm³/mol. The monoisotopic (exact) mass is 470 g/mol. The number of anilines is 1. The van der Waals surface area contributed by atoms with Gasteiger partial charge in [0.25, 0.3) is 0 Å². The first-order valence-corrected chi connectivity index (χ1v) is 11.2. The van der Waals surface area contributed by atoms with Gasteiger partial charge in [-0.05, 0) is 23.8 Å². The van der Waals surface area contributed by atoms with Crippen LogP contribution in [0.5, 0.6) is 5.88 Å². The van der Waals surface area contributed by atoms with Crippen LogP contribution >= 0.6 is 0 Å². The molecular formula is C22H24F2N8O2. The number of alkyl halides is 2. The van der Waals surface area contributed by atoms with Gasteiger partial charge in [-0.15, -0.1) is 10.2 Å². The van der Waals surface area contributed by atoms with Crippen molar-refractivity contribution in [2.75, 3.05) is 45.4 Å². The first kappa shape index (κ1) is 21.2. The van der Waals surface area contributed by atoms with Crippen molar-refractivity contribution in [2.45, 2.75) is 24.8 Å². The maximum atomic E-state index is 14.7. The molecule has 1 N–H and O–H groups in total. The summed E-state index contributed by atoms with van der Waals surface area (Å²) in [6, 6.07) is 7.46. The Morgan fingerprint density at radius 1 is 1.24 bits per heavy atom. The lowest BCUT2D eigenvalue weighted by atomic mass is 10.1. The van der Waals surface area contributed by atoms with Crippen molar-refractivity contribution >= 4 is 22.5 Å². The fourth-order valence-corrected chi connectivity index (χ4v) is 4.63. The Morgan fingerprint density at radius 3 is 2.88 bits per heavy atom. The molecule has 4 aromatic rings. The molecular weight excluding hydrogens is 446 g/mol. The molecule has 2 atom stereocenters. The van der Waals surface area contributed by atoms with Crippen LogP contribution in [0.2, 0.25) is 0 Å². The topological polar surface area (TPSA) is 94.6 Å². The number of nitrogens with one attached hydrogen (secondary N) is 1. The Balaban J connectivity index is 1.32. The number of rotatable bonds is 7. The molecule has 2 saturated heterocycles. The molecule has 0 radical (unpaired) electrons. The van der Waals surface area contributed by atoms with E-state index in [9.17, 15) is 8.78 Å². The molecule has 5 heterocycles. The van der Waals surface area contributed by atoms with Crippen molar-refractivity contribution in [1.82, 2.24) is 34.5 Å². The van der Waals surface area contributed by atoms with E-state index in [1.807, 2.05) is 24.3 Å². The van der Waals surface area contributed by atoms with Gasteiger partial charge in [-0.2, -0.15) is 4.98 Å². The molecule has 3 aromatic heterocycles. The Hall–Kier alpha value is -3.38.